The zero-order chi connectivity index (χ0) is 12.4. The van der Waals surface area contributed by atoms with Crippen molar-refractivity contribution in [1.82, 2.24) is 0 Å². The summed E-state index contributed by atoms with van der Waals surface area (Å²) in [5, 5.41) is 3.41. The number of benzene rings is 2. The molecule has 2 aromatic carbocycles. The summed E-state index contributed by atoms with van der Waals surface area (Å²) in [5.74, 6) is 0. The van der Waals surface area contributed by atoms with Gasteiger partial charge >= 0.3 is 0 Å². The van der Waals surface area contributed by atoms with Crippen molar-refractivity contribution in [1.29, 1.82) is 0 Å². The smallest absolute Gasteiger partial charge is 0.0414 e. The van der Waals surface area contributed by atoms with E-state index in [-0.39, 0.29) is 0 Å². The Morgan fingerprint density at radius 2 is 1.65 bits per heavy atom. The molecule has 0 saturated carbocycles. The molecule has 0 amide bonds. The van der Waals surface area contributed by atoms with E-state index in [4.69, 9.17) is 5.73 Å². The predicted molar refractivity (Wildman–Crippen MR) is 74.8 cm³/mol. The van der Waals surface area contributed by atoms with Gasteiger partial charge in [0.1, 0.15) is 0 Å². The van der Waals surface area contributed by atoms with Crippen LogP contribution < -0.4 is 11.1 Å². The Hall–Kier alpha value is -1.96. The quantitative estimate of drug-likeness (QED) is 0.761. The van der Waals surface area contributed by atoms with Gasteiger partial charge in [-0.05, 0) is 56.2 Å². The van der Waals surface area contributed by atoms with Crippen molar-refractivity contribution in [2.75, 3.05) is 11.1 Å². The molecule has 17 heavy (non-hydrogen) atoms. The monoisotopic (exact) mass is 226 g/mol. The maximum absolute atomic E-state index is 5.80. The molecule has 0 bridgehead atoms. The van der Waals surface area contributed by atoms with E-state index in [9.17, 15) is 0 Å². The van der Waals surface area contributed by atoms with E-state index in [0.29, 0.717) is 0 Å². The zero-order valence-corrected chi connectivity index (χ0v) is 10.5. The number of anilines is 3. The third-order valence-electron chi connectivity index (χ3n) is 2.93. The highest BCUT2D eigenvalue weighted by atomic mass is 14.9. The maximum atomic E-state index is 5.80. The number of nitrogens with one attached hydrogen (secondary N) is 1. The van der Waals surface area contributed by atoms with Crippen molar-refractivity contribution in [3.05, 3.63) is 53.1 Å². The van der Waals surface area contributed by atoms with Gasteiger partial charge in [-0.15, -0.1) is 0 Å². The molecule has 0 aliphatic rings. The molecule has 0 spiro atoms. The normalized spacial score (nSPS) is 10.3. The second kappa shape index (κ2) is 4.50. The van der Waals surface area contributed by atoms with Crippen LogP contribution in [-0.4, -0.2) is 0 Å². The molecular formula is C15H18N2. The number of rotatable bonds is 2. The Morgan fingerprint density at radius 3 is 2.29 bits per heavy atom. The molecule has 0 heterocycles. The lowest BCUT2D eigenvalue weighted by atomic mass is 10.1. The number of aryl methyl sites for hydroxylation is 3. The summed E-state index contributed by atoms with van der Waals surface area (Å²) in [6.45, 7) is 6.23. The first-order chi connectivity index (χ1) is 8.06. The van der Waals surface area contributed by atoms with Crippen molar-refractivity contribution in [3.63, 3.8) is 0 Å². The Bertz CT molecular complexity index is 545. The van der Waals surface area contributed by atoms with Crippen LogP contribution >= 0.6 is 0 Å². The first-order valence-corrected chi connectivity index (χ1v) is 5.76. The van der Waals surface area contributed by atoms with Crippen molar-refractivity contribution in [2.24, 2.45) is 0 Å². The van der Waals surface area contributed by atoms with Crippen LogP contribution in [0.4, 0.5) is 17.1 Å². The summed E-state index contributed by atoms with van der Waals surface area (Å²) in [5.41, 5.74) is 12.5. The fourth-order valence-corrected chi connectivity index (χ4v) is 1.86. The van der Waals surface area contributed by atoms with Crippen LogP contribution in [0.3, 0.4) is 0 Å². The Morgan fingerprint density at radius 1 is 0.882 bits per heavy atom. The third-order valence-corrected chi connectivity index (χ3v) is 2.93. The van der Waals surface area contributed by atoms with E-state index in [0.717, 1.165) is 22.6 Å². The Labute approximate surface area is 102 Å². The van der Waals surface area contributed by atoms with Gasteiger partial charge in [0, 0.05) is 17.1 Å². The highest BCUT2D eigenvalue weighted by molar-refractivity contribution is 5.66. The van der Waals surface area contributed by atoms with Crippen LogP contribution in [0.25, 0.3) is 0 Å². The topological polar surface area (TPSA) is 38.0 Å². The SMILES string of the molecule is Cc1ccc(Nc2ccc(N)c(C)c2)c(C)c1. The predicted octanol–water partition coefficient (Wildman–Crippen LogP) is 3.94. The standard InChI is InChI=1S/C15H18N2/c1-10-4-7-15(12(3)8-10)17-13-5-6-14(16)11(2)9-13/h4-9,17H,16H2,1-3H3. The molecule has 3 N–H and O–H groups in total. The highest BCUT2D eigenvalue weighted by Crippen LogP contribution is 2.23. The van der Waals surface area contributed by atoms with Crippen LogP contribution in [0.5, 0.6) is 0 Å². The number of nitrogens with two attached hydrogens (primary N) is 1. The minimum absolute atomic E-state index is 0.830. The van der Waals surface area contributed by atoms with Crippen molar-refractivity contribution in [3.8, 4) is 0 Å². The lowest BCUT2D eigenvalue weighted by molar-refractivity contribution is 1.36. The molecule has 0 aliphatic carbocycles. The number of hydrogen-bond donors (Lipinski definition) is 2. The molecule has 0 unspecified atom stereocenters. The Kier molecular flexibility index (Phi) is 3.05. The minimum Gasteiger partial charge on any atom is -0.399 e. The van der Waals surface area contributed by atoms with E-state index < -0.39 is 0 Å². The van der Waals surface area contributed by atoms with Crippen molar-refractivity contribution in [2.45, 2.75) is 20.8 Å². The lowest BCUT2D eigenvalue weighted by Crippen LogP contribution is -1.95. The molecule has 0 aromatic heterocycles. The van der Waals surface area contributed by atoms with E-state index in [1.165, 1.54) is 11.1 Å². The van der Waals surface area contributed by atoms with E-state index in [1.807, 2.05) is 19.1 Å². The first-order valence-electron chi connectivity index (χ1n) is 5.76. The molecular weight excluding hydrogens is 208 g/mol. The van der Waals surface area contributed by atoms with Crippen LogP contribution in [0, 0.1) is 20.8 Å². The minimum atomic E-state index is 0.830. The van der Waals surface area contributed by atoms with Crippen molar-refractivity contribution < 1.29 is 0 Å². The van der Waals surface area contributed by atoms with Gasteiger partial charge in [0.25, 0.3) is 0 Å². The number of hydrogen-bond acceptors (Lipinski definition) is 2. The molecule has 0 radical (unpaired) electrons. The van der Waals surface area contributed by atoms with Gasteiger partial charge in [-0.2, -0.15) is 0 Å². The van der Waals surface area contributed by atoms with Crippen molar-refractivity contribution >= 4 is 17.1 Å². The largest absolute Gasteiger partial charge is 0.399 e. The molecule has 0 saturated heterocycles. The number of nitrogen functional groups attached to an aromatic ring is 1. The zero-order valence-electron chi connectivity index (χ0n) is 10.5. The summed E-state index contributed by atoms with van der Waals surface area (Å²) in [7, 11) is 0. The molecule has 88 valence electrons. The van der Waals surface area contributed by atoms with E-state index in [2.05, 4.69) is 43.4 Å². The summed E-state index contributed by atoms with van der Waals surface area (Å²) in [4.78, 5) is 0. The molecule has 0 fully saturated rings. The summed E-state index contributed by atoms with van der Waals surface area (Å²) >= 11 is 0. The van der Waals surface area contributed by atoms with Gasteiger partial charge in [0.15, 0.2) is 0 Å². The molecule has 2 aromatic rings. The molecule has 0 aliphatic heterocycles. The van der Waals surface area contributed by atoms with Crippen LogP contribution in [0.15, 0.2) is 36.4 Å². The van der Waals surface area contributed by atoms with Gasteiger partial charge in [0.2, 0.25) is 0 Å². The molecule has 2 rings (SSSR count). The van der Waals surface area contributed by atoms with Gasteiger partial charge in [-0.3, -0.25) is 0 Å². The molecule has 0 atom stereocenters. The third kappa shape index (κ3) is 2.59. The molecule has 2 heteroatoms. The molecule has 2 nitrogen and oxygen atoms in total. The van der Waals surface area contributed by atoms with Gasteiger partial charge < -0.3 is 11.1 Å². The summed E-state index contributed by atoms with van der Waals surface area (Å²) < 4.78 is 0. The summed E-state index contributed by atoms with van der Waals surface area (Å²) in [6.07, 6.45) is 0. The second-order valence-corrected chi connectivity index (χ2v) is 4.51. The van der Waals surface area contributed by atoms with E-state index >= 15 is 0 Å². The van der Waals surface area contributed by atoms with Gasteiger partial charge in [0.05, 0.1) is 0 Å². The second-order valence-electron chi connectivity index (χ2n) is 4.51. The van der Waals surface area contributed by atoms with Crippen LogP contribution in [-0.2, 0) is 0 Å². The average molecular weight is 226 g/mol. The van der Waals surface area contributed by atoms with Crippen LogP contribution in [0.1, 0.15) is 16.7 Å². The average Bonchev–Trinajstić information content (AvgIpc) is 2.27. The summed E-state index contributed by atoms with van der Waals surface area (Å²) in [6, 6.07) is 12.4. The van der Waals surface area contributed by atoms with Crippen LogP contribution in [0.2, 0.25) is 0 Å². The maximum Gasteiger partial charge on any atom is 0.0414 e. The van der Waals surface area contributed by atoms with Gasteiger partial charge in [-0.25, -0.2) is 0 Å². The fourth-order valence-electron chi connectivity index (χ4n) is 1.86. The lowest BCUT2D eigenvalue weighted by Gasteiger charge is -2.11. The van der Waals surface area contributed by atoms with E-state index in [1.54, 1.807) is 0 Å². The first kappa shape index (κ1) is 11.5. The van der Waals surface area contributed by atoms with Gasteiger partial charge in [-0.1, -0.05) is 17.7 Å². The fraction of sp³-hybridized carbons (Fsp3) is 0.200. The Balaban J connectivity index is 2.28. The highest BCUT2D eigenvalue weighted by Gasteiger charge is 2.00.